The van der Waals surface area contributed by atoms with E-state index < -0.39 is 5.60 Å². The molecule has 2 fully saturated rings. The fourth-order valence-electron chi connectivity index (χ4n) is 3.27. The van der Waals surface area contributed by atoms with Crippen molar-refractivity contribution in [2.24, 2.45) is 11.8 Å². The monoisotopic (exact) mass is 336 g/mol. The summed E-state index contributed by atoms with van der Waals surface area (Å²) in [5.74, 6) is 1.39. The van der Waals surface area contributed by atoms with E-state index in [0.717, 1.165) is 31.5 Å². The zero-order valence-electron chi connectivity index (χ0n) is 14.5. The van der Waals surface area contributed by atoms with Crippen LogP contribution in [-0.4, -0.2) is 40.8 Å². The number of likely N-dealkylation sites (tertiary alicyclic amines) is 1. The molecule has 2 heterocycles. The maximum absolute atomic E-state index is 12.8. The molecule has 5 nitrogen and oxygen atoms in total. The van der Waals surface area contributed by atoms with Crippen molar-refractivity contribution < 1.29 is 18.7 Å². The fourth-order valence-corrected chi connectivity index (χ4v) is 3.27. The highest BCUT2D eigenvalue weighted by Gasteiger charge is 2.47. The van der Waals surface area contributed by atoms with Crippen molar-refractivity contribution >= 4 is 6.09 Å². The number of pyridine rings is 1. The van der Waals surface area contributed by atoms with Gasteiger partial charge >= 0.3 is 6.09 Å². The summed E-state index contributed by atoms with van der Waals surface area (Å²) in [6, 6.07) is 2.97. The van der Waals surface area contributed by atoms with Gasteiger partial charge in [-0.25, -0.2) is 14.2 Å². The lowest BCUT2D eigenvalue weighted by Gasteiger charge is -2.36. The molecular formula is C18H25FN2O3. The van der Waals surface area contributed by atoms with E-state index in [1.807, 2.05) is 25.7 Å². The van der Waals surface area contributed by atoms with Crippen LogP contribution in [0.4, 0.5) is 9.18 Å². The molecule has 1 aliphatic heterocycles. The van der Waals surface area contributed by atoms with E-state index in [2.05, 4.69) is 4.98 Å². The predicted molar refractivity (Wildman–Crippen MR) is 87.2 cm³/mol. The number of ether oxygens (including phenoxy) is 2. The lowest BCUT2D eigenvalue weighted by Crippen LogP contribution is -2.47. The zero-order chi connectivity index (χ0) is 17.3. The average Bonchev–Trinajstić information content (AvgIpc) is 3.25. The van der Waals surface area contributed by atoms with E-state index in [1.165, 1.54) is 18.6 Å². The maximum atomic E-state index is 12.8. The Morgan fingerprint density at radius 3 is 2.79 bits per heavy atom. The van der Waals surface area contributed by atoms with Crippen LogP contribution >= 0.6 is 0 Å². The third-order valence-corrected chi connectivity index (χ3v) is 4.55. The number of carbonyl (C=O) groups is 1. The molecule has 132 valence electrons. The zero-order valence-corrected chi connectivity index (χ0v) is 14.5. The van der Waals surface area contributed by atoms with Gasteiger partial charge in [-0.3, -0.25) is 0 Å². The predicted octanol–water partition coefficient (Wildman–Crippen LogP) is 3.64. The normalized spacial score (nSPS) is 25.8. The Hall–Kier alpha value is -1.85. The lowest BCUT2D eigenvalue weighted by molar-refractivity contribution is 0.00613. The second-order valence-corrected chi connectivity index (χ2v) is 7.73. The van der Waals surface area contributed by atoms with Gasteiger partial charge in [-0.2, -0.15) is 0 Å². The van der Waals surface area contributed by atoms with E-state index in [9.17, 15) is 9.18 Å². The number of carbonyl (C=O) groups excluding carboxylic acids is 1. The number of halogens is 1. The number of aromatic nitrogens is 1. The molecule has 1 aromatic heterocycles. The van der Waals surface area contributed by atoms with Crippen LogP contribution in [0.2, 0.25) is 0 Å². The van der Waals surface area contributed by atoms with Crippen LogP contribution in [0.25, 0.3) is 0 Å². The summed E-state index contributed by atoms with van der Waals surface area (Å²) in [7, 11) is 0. The Morgan fingerprint density at radius 1 is 1.33 bits per heavy atom. The highest BCUT2D eigenvalue weighted by molar-refractivity contribution is 5.69. The molecule has 3 atom stereocenters. The van der Waals surface area contributed by atoms with E-state index >= 15 is 0 Å². The Kier molecular flexibility index (Phi) is 4.65. The minimum Gasteiger partial charge on any atom is -0.478 e. The molecule has 0 unspecified atom stereocenters. The molecule has 24 heavy (non-hydrogen) atoms. The van der Waals surface area contributed by atoms with Gasteiger partial charge in [0.05, 0.1) is 12.8 Å². The van der Waals surface area contributed by atoms with Crippen molar-refractivity contribution in [3.63, 3.8) is 0 Å². The van der Waals surface area contributed by atoms with Gasteiger partial charge in [0, 0.05) is 25.1 Å². The van der Waals surface area contributed by atoms with Crippen LogP contribution in [0.15, 0.2) is 18.3 Å². The SMILES string of the molecule is CC(C)(C)OC(=O)N1C[C@@H]2C[C@@H]2C[C@H]1CCOc1ccc(F)cn1. The second kappa shape index (κ2) is 6.57. The molecule has 0 aromatic carbocycles. The highest BCUT2D eigenvalue weighted by atomic mass is 19.1. The van der Waals surface area contributed by atoms with Crippen molar-refractivity contribution in [1.82, 2.24) is 9.88 Å². The van der Waals surface area contributed by atoms with Crippen molar-refractivity contribution in [2.45, 2.75) is 51.7 Å². The van der Waals surface area contributed by atoms with E-state index in [0.29, 0.717) is 18.4 Å². The quantitative estimate of drug-likeness (QED) is 0.842. The summed E-state index contributed by atoms with van der Waals surface area (Å²) in [6.45, 7) is 6.87. The van der Waals surface area contributed by atoms with Gasteiger partial charge in [0.15, 0.2) is 0 Å². The van der Waals surface area contributed by atoms with E-state index in [-0.39, 0.29) is 18.0 Å². The molecule has 1 aromatic rings. The first kappa shape index (κ1) is 17.0. The molecule has 1 saturated carbocycles. The molecule has 6 heteroatoms. The number of nitrogens with zero attached hydrogens (tertiary/aromatic N) is 2. The molecule has 1 aliphatic carbocycles. The minimum atomic E-state index is -0.490. The van der Waals surface area contributed by atoms with Crippen molar-refractivity contribution in [2.75, 3.05) is 13.2 Å². The van der Waals surface area contributed by atoms with Crippen molar-refractivity contribution in [3.8, 4) is 5.88 Å². The largest absolute Gasteiger partial charge is 0.478 e. The molecule has 1 amide bonds. The molecule has 2 aliphatic rings. The van der Waals surface area contributed by atoms with Crippen LogP contribution in [0.1, 0.15) is 40.0 Å². The van der Waals surface area contributed by atoms with Crippen molar-refractivity contribution in [3.05, 3.63) is 24.1 Å². The number of fused-ring (bicyclic) bond motifs is 1. The summed E-state index contributed by atoms with van der Waals surface area (Å²) >= 11 is 0. The summed E-state index contributed by atoms with van der Waals surface area (Å²) in [4.78, 5) is 18.2. The number of hydrogen-bond donors (Lipinski definition) is 0. The summed E-state index contributed by atoms with van der Waals surface area (Å²) in [5.41, 5.74) is -0.490. The smallest absolute Gasteiger partial charge is 0.410 e. The van der Waals surface area contributed by atoms with Crippen LogP contribution in [0.5, 0.6) is 5.88 Å². The number of rotatable bonds is 4. The number of hydrogen-bond acceptors (Lipinski definition) is 4. The van der Waals surface area contributed by atoms with Gasteiger partial charge in [-0.1, -0.05) is 0 Å². The third-order valence-electron chi connectivity index (χ3n) is 4.55. The highest BCUT2D eigenvalue weighted by Crippen LogP contribution is 2.47. The van der Waals surface area contributed by atoms with Crippen LogP contribution < -0.4 is 4.74 Å². The molecule has 0 spiro atoms. The number of amides is 1. The Morgan fingerprint density at radius 2 is 2.12 bits per heavy atom. The molecule has 0 N–H and O–H groups in total. The van der Waals surface area contributed by atoms with Gasteiger partial charge < -0.3 is 14.4 Å². The third kappa shape index (κ3) is 4.36. The van der Waals surface area contributed by atoms with Crippen molar-refractivity contribution in [1.29, 1.82) is 0 Å². The second-order valence-electron chi connectivity index (χ2n) is 7.73. The van der Waals surface area contributed by atoms with Gasteiger partial charge in [0.25, 0.3) is 0 Å². The van der Waals surface area contributed by atoms with Gasteiger partial charge in [-0.15, -0.1) is 0 Å². The maximum Gasteiger partial charge on any atom is 0.410 e. The molecule has 0 radical (unpaired) electrons. The average molecular weight is 336 g/mol. The fraction of sp³-hybridized carbons (Fsp3) is 0.667. The summed E-state index contributed by atoms with van der Waals surface area (Å²) in [6.07, 6.45) is 3.83. The van der Waals surface area contributed by atoms with Gasteiger partial charge in [0.2, 0.25) is 5.88 Å². The standard InChI is InChI=1S/C18H25FN2O3/c1-18(2,3)24-17(22)21-11-13-8-12(13)9-15(21)6-7-23-16-5-4-14(19)10-20-16/h4-5,10,12-13,15H,6-9,11H2,1-3H3/t12-,13+,15-/m1/s1. The molecule has 0 bridgehead atoms. The summed E-state index contributed by atoms with van der Waals surface area (Å²) in [5, 5.41) is 0. The minimum absolute atomic E-state index is 0.129. The van der Waals surface area contributed by atoms with Gasteiger partial charge in [-0.05, 0) is 51.5 Å². The van der Waals surface area contributed by atoms with Crippen LogP contribution in [0.3, 0.4) is 0 Å². The molecule has 3 rings (SSSR count). The van der Waals surface area contributed by atoms with Crippen LogP contribution in [0, 0.1) is 17.7 Å². The van der Waals surface area contributed by atoms with Gasteiger partial charge in [0.1, 0.15) is 11.4 Å². The molecule has 1 saturated heterocycles. The first-order chi connectivity index (χ1) is 11.3. The lowest BCUT2D eigenvalue weighted by atomic mass is 10.00. The topological polar surface area (TPSA) is 51.7 Å². The first-order valence-corrected chi connectivity index (χ1v) is 8.56. The summed E-state index contributed by atoms with van der Waals surface area (Å²) < 4.78 is 24.0. The molecular weight excluding hydrogens is 311 g/mol. The van der Waals surface area contributed by atoms with E-state index in [1.54, 1.807) is 0 Å². The Bertz CT molecular complexity index is 585. The van der Waals surface area contributed by atoms with Crippen LogP contribution in [-0.2, 0) is 4.74 Å². The Balaban J connectivity index is 1.55. The van der Waals surface area contributed by atoms with E-state index in [4.69, 9.17) is 9.47 Å². The Labute approximate surface area is 142 Å². The first-order valence-electron chi connectivity index (χ1n) is 8.56. The number of piperidine rings is 1.